The molecule has 2 N–H and O–H groups in total. The Kier molecular flexibility index (Phi) is 3.85. The van der Waals surface area contributed by atoms with Crippen molar-refractivity contribution in [3.8, 4) is 0 Å². The van der Waals surface area contributed by atoms with Gasteiger partial charge in [-0.1, -0.05) is 33.8 Å². The highest BCUT2D eigenvalue weighted by Crippen LogP contribution is 2.67. The first kappa shape index (κ1) is 17.2. The molecule has 0 aromatic rings. The molecule has 3 nitrogen and oxygen atoms in total. The summed E-state index contributed by atoms with van der Waals surface area (Å²) in [5.74, 6) is 0.544. The molecule has 0 spiro atoms. The minimum atomic E-state index is -0.589. The zero-order valence-corrected chi connectivity index (χ0v) is 15.0. The van der Waals surface area contributed by atoms with Gasteiger partial charge in [-0.25, -0.2) is 0 Å². The highest BCUT2D eigenvalue weighted by Gasteiger charge is 2.67. The van der Waals surface area contributed by atoms with E-state index in [9.17, 15) is 15.0 Å². The highest BCUT2D eigenvalue weighted by atomic mass is 16.3. The summed E-state index contributed by atoms with van der Waals surface area (Å²) in [6, 6.07) is 0. The Labute approximate surface area is 140 Å². The largest absolute Gasteiger partial charge is 0.392 e. The molecule has 3 heteroatoms. The van der Waals surface area contributed by atoms with E-state index >= 15 is 0 Å². The minimum absolute atomic E-state index is 0.0428. The molecule has 23 heavy (non-hydrogen) atoms. The molecule has 3 saturated carbocycles. The standard InChI is InChI=1S/C20H32O3/c1-6-18(4)11-15(22)19(5)12(2)7-9-20(13(3)17(18)23)10-8-14(21)16(19)20/h6,12-13,15-17,22-23H,1,7-11H2,2-5H3/t12?,13-,15+,16-,17-,18+,19-,20-/m0/s1. The molecule has 3 fully saturated rings. The summed E-state index contributed by atoms with van der Waals surface area (Å²) in [7, 11) is 0. The SMILES string of the molecule is C=C[C@]1(C)C[C@@H](O)[C@]2(C)C(C)CC[C@]3(CCC(=O)[C@H]32)[C@@H](C)[C@@H]1O. The maximum Gasteiger partial charge on any atom is 0.137 e. The van der Waals surface area contributed by atoms with Crippen molar-refractivity contribution in [3.63, 3.8) is 0 Å². The zero-order valence-electron chi connectivity index (χ0n) is 15.0. The summed E-state index contributed by atoms with van der Waals surface area (Å²) in [6.07, 6.45) is 4.60. The summed E-state index contributed by atoms with van der Waals surface area (Å²) >= 11 is 0. The van der Waals surface area contributed by atoms with E-state index in [0.29, 0.717) is 24.5 Å². The van der Waals surface area contributed by atoms with Gasteiger partial charge < -0.3 is 10.2 Å². The van der Waals surface area contributed by atoms with E-state index in [1.54, 1.807) is 0 Å². The molecule has 0 aromatic heterocycles. The topological polar surface area (TPSA) is 57.5 Å². The van der Waals surface area contributed by atoms with Gasteiger partial charge in [-0.15, -0.1) is 6.58 Å². The van der Waals surface area contributed by atoms with Gasteiger partial charge in [0.1, 0.15) is 5.78 Å². The van der Waals surface area contributed by atoms with E-state index in [0.717, 1.165) is 19.3 Å². The molecule has 0 aliphatic heterocycles. The second-order valence-corrected chi connectivity index (χ2v) is 9.10. The molecule has 3 aliphatic rings. The lowest BCUT2D eigenvalue weighted by Gasteiger charge is -2.61. The lowest BCUT2D eigenvalue weighted by molar-refractivity contribution is -0.191. The van der Waals surface area contributed by atoms with Crippen LogP contribution in [0.3, 0.4) is 0 Å². The number of ketones is 1. The van der Waals surface area contributed by atoms with Crippen LogP contribution in [0.5, 0.6) is 0 Å². The molecule has 0 aromatic carbocycles. The van der Waals surface area contributed by atoms with Crippen molar-refractivity contribution in [2.75, 3.05) is 0 Å². The molecule has 0 heterocycles. The van der Waals surface area contributed by atoms with Gasteiger partial charge in [0.25, 0.3) is 0 Å². The number of hydrogen-bond donors (Lipinski definition) is 2. The summed E-state index contributed by atoms with van der Waals surface area (Å²) in [6.45, 7) is 12.4. The normalized spacial score (nSPS) is 56.6. The van der Waals surface area contributed by atoms with Crippen molar-refractivity contribution in [3.05, 3.63) is 12.7 Å². The number of carbonyl (C=O) groups is 1. The predicted octanol–water partition coefficient (Wildman–Crippen LogP) is 3.34. The van der Waals surface area contributed by atoms with Crippen molar-refractivity contribution >= 4 is 5.78 Å². The molecule has 0 saturated heterocycles. The molecular formula is C20H32O3. The minimum Gasteiger partial charge on any atom is -0.392 e. The third kappa shape index (κ3) is 1.99. The quantitative estimate of drug-likeness (QED) is 0.729. The molecule has 3 rings (SSSR count). The first-order valence-electron chi connectivity index (χ1n) is 9.16. The van der Waals surface area contributed by atoms with E-state index in [1.807, 2.05) is 13.0 Å². The Morgan fingerprint density at radius 2 is 1.87 bits per heavy atom. The third-order valence-electron chi connectivity index (χ3n) is 8.33. The Morgan fingerprint density at radius 1 is 1.22 bits per heavy atom. The van der Waals surface area contributed by atoms with Gasteiger partial charge in [-0.05, 0) is 42.9 Å². The first-order valence-corrected chi connectivity index (χ1v) is 9.16. The van der Waals surface area contributed by atoms with Gasteiger partial charge in [0, 0.05) is 23.2 Å². The van der Waals surface area contributed by atoms with Crippen molar-refractivity contribution in [2.24, 2.45) is 34.0 Å². The van der Waals surface area contributed by atoms with Gasteiger partial charge in [-0.2, -0.15) is 0 Å². The molecule has 8 atom stereocenters. The van der Waals surface area contributed by atoms with Gasteiger partial charge in [-0.3, -0.25) is 4.79 Å². The van der Waals surface area contributed by atoms with Crippen LogP contribution in [0.4, 0.5) is 0 Å². The van der Waals surface area contributed by atoms with Crippen LogP contribution < -0.4 is 0 Å². The number of hydrogen-bond acceptors (Lipinski definition) is 3. The monoisotopic (exact) mass is 320 g/mol. The maximum absolute atomic E-state index is 12.8. The van der Waals surface area contributed by atoms with Crippen LogP contribution >= 0.6 is 0 Å². The second-order valence-electron chi connectivity index (χ2n) is 9.10. The van der Waals surface area contributed by atoms with Gasteiger partial charge in [0.05, 0.1) is 12.2 Å². The van der Waals surface area contributed by atoms with E-state index < -0.39 is 23.0 Å². The fraction of sp³-hybridized carbons (Fsp3) is 0.850. The molecule has 3 aliphatic carbocycles. The Balaban J connectivity index is 2.21. The number of aliphatic hydroxyl groups excluding tert-OH is 2. The van der Waals surface area contributed by atoms with Crippen molar-refractivity contribution < 1.29 is 15.0 Å². The average molecular weight is 320 g/mol. The van der Waals surface area contributed by atoms with Crippen molar-refractivity contribution in [1.82, 2.24) is 0 Å². The molecule has 0 radical (unpaired) electrons. The summed E-state index contributed by atoms with van der Waals surface area (Å²) in [5, 5.41) is 22.3. The first-order chi connectivity index (χ1) is 10.6. The van der Waals surface area contributed by atoms with E-state index in [4.69, 9.17) is 0 Å². The lowest BCUT2D eigenvalue weighted by atomic mass is 9.44. The van der Waals surface area contributed by atoms with Crippen LogP contribution in [0.1, 0.15) is 59.8 Å². The van der Waals surface area contributed by atoms with Gasteiger partial charge >= 0.3 is 0 Å². The van der Waals surface area contributed by atoms with E-state index in [2.05, 4.69) is 27.4 Å². The molecule has 130 valence electrons. The van der Waals surface area contributed by atoms with Gasteiger partial charge in [0.15, 0.2) is 0 Å². The second kappa shape index (κ2) is 5.16. The summed E-state index contributed by atoms with van der Waals surface area (Å²) < 4.78 is 0. The third-order valence-corrected chi connectivity index (χ3v) is 8.33. The predicted molar refractivity (Wildman–Crippen MR) is 90.8 cm³/mol. The van der Waals surface area contributed by atoms with Gasteiger partial charge in [0.2, 0.25) is 0 Å². The fourth-order valence-electron chi connectivity index (χ4n) is 6.37. The maximum atomic E-state index is 12.8. The van der Waals surface area contributed by atoms with Crippen LogP contribution in [0.25, 0.3) is 0 Å². The van der Waals surface area contributed by atoms with Crippen LogP contribution in [0, 0.1) is 34.0 Å². The van der Waals surface area contributed by atoms with E-state index in [-0.39, 0.29) is 17.3 Å². The Bertz CT molecular complexity index is 529. The van der Waals surface area contributed by atoms with E-state index in [1.165, 1.54) is 0 Å². The zero-order chi connectivity index (χ0) is 17.2. The van der Waals surface area contributed by atoms with Crippen molar-refractivity contribution in [1.29, 1.82) is 0 Å². The van der Waals surface area contributed by atoms with Crippen LogP contribution in [-0.4, -0.2) is 28.2 Å². The number of aliphatic hydroxyl groups is 2. The summed E-state index contributed by atoms with van der Waals surface area (Å²) in [4.78, 5) is 12.8. The van der Waals surface area contributed by atoms with Crippen LogP contribution in [0.15, 0.2) is 12.7 Å². The molecule has 0 amide bonds. The Hall–Kier alpha value is -0.670. The van der Waals surface area contributed by atoms with Crippen LogP contribution in [-0.2, 0) is 4.79 Å². The highest BCUT2D eigenvalue weighted by molar-refractivity contribution is 5.85. The smallest absolute Gasteiger partial charge is 0.137 e. The average Bonchev–Trinajstić information content (AvgIpc) is 2.87. The molecule has 2 bridgehead atoms. The summed E-state index contributed by atoms with van der Waals surface area (Å²) in [5.41, 5.74) is -1.07. The fourth-order valence-corrected chi connectivity index (χ4v) is 6.37. The van der Waals surface area contributed by atoms with Crippen LogP contribution in [0.2, 0.25) is 0 Å². The lowest BCUT2D eigenvalue weighted by Crippen LogP contribution is -2.62. The Morgan fingerprint density at radius 3 is 2.48 bits per heavy atom. The molecular weight excluding hydrogens is 288 g/mol. The molecule has 1 unspecified atom stereocenters. The van der Waals surface area contributed by atoms with Crippen molar-refractivity contribution in [2.45, 2.75) is 72.0 Å². The number of carbonyl (C=O) groups excluding carboxylic acids is 1. The number of rotatable bonds is 1. The number of Topliss-reactive ketones (excluding diaryl/α,β-unsaturated/α-hetero) is 1.